The van der Waals surface area contributed by atoms with Crippen LogP contribution < -0.4 is 5.32 Å². The molecule has 2 atom stereocenters. The molecule has 0 radical (unpaired) electrons. The molecule has 3 aliphatic heterocycles. The Morgan fingerprint density at radius 3 is 2.48 bits per heavy atom. The number of rotatable bonds is 3. The molecule has 0 aromatic heterocycles. The number of piperazine rings is 1. The molecule has 0 aliphatic carbocycles. The van der Waals surface area contributed by atoms with Crippen LogP contribution >= 0.6 is 24.0 Å². The minimum Gasteiger partial charge on any atom is -0.376 e. The molecule has 3 saturated heterocycles. The Kier molecular flexibility index (Phi) is 8.67. The SMILES string of the molecule is CN=C(NCC1COCCO1)N1CCN(C(=O)C2CCCO2)CC1.I. The highest BCUT2D eigenvalue weighted by Gasteiger charge is 2.31. The van der Waals surface area contributed by atoms with Gasteiger partial charge in [0.2, 0.25) is 0 Å². The lowest BCUT2D eigenvalue weighted by Crippen LogP contribution is -2.56. The summed E-state index contributed by atoms with van der Waals surface area (Å²) < 4.78 is 16.5. The second kappa shape index (κ2) is 10.5. The number of amides is 1. The first kappa shape index (κ1) is 20.7. The van der Waals surface area contributed by atoms with E-state index < -0.39 is 0 Å². The normalized spacial score (nSPS) is 27.8. The zero-order valence-electron chi connectivity index (χ0n) is 14.8. The summed E-state index contributed by atoms with van der Waals surface area (Å²) in [5.74, 6) is 0.997. The smallest absolute Gasteiger partial charge is 0.251 e. The number of carbonyl (C=O) groups excluding carboxylic acids is 1. The van der Waals surface area contributed by atoms with Crippen molar-refractivity contribution < 1.29 is 19.0 Å². The fourth-order valence-corrected chi connectivity index (χ4v) is 3.31. The summed E-state index contributed by atoms with van der Waals surface area (Å²) in [5.41, 5.74) is 0. The first-order chi connectivity index (χ1) is 11.8. The highest BCUT2D eigenvalue weighted by Crippen LogP contribution is 2.16. The molecule has 25 heavy (non-hydrogen) atoms. The Morgan fingerprint density at radius 1 is 1.12 bits per heavy atom. The lowest BCUT2D eigenvalue weighted by atomic mass is 10.2. The van der Waals surface area contributed by atoms with E-state index in [9.17, 15) is 4.79 Å². The Labute approximate surface area is 166 Å². The number of guanidine groups is 1. The molecule has 144 valence electrons. The van der Waals surface area contributed by atoms with Gasteiger partial charge in [-0.3, -0.25) is 9.79 Å². The molecule has 0 aromatic rings. The molecule has 9 heteroatoms. The molecule has 0 aromatic carbocycles. The van der Waals surface area contributed by atoms with E-state index in [2.05, 4.69) is 15.2 Å². The number of halogens is 1. The Balaban J connectivity index is 0.00000225. The van der Waals surface area contributed by atoms with E-state index in [4.69, 9.17) is 14.2 Å². The summed E-state index contributed by atoms with van der Waals surface area (Å²) in [5, 5.41) is 3.35. The van der Waals surface area contributed by atoms with E-state index in [1.54, 1.807) is 7.05 Å². The molecular formula is C16H29IN4O4. The molecule has 0 saturated carbocycles. The van der Waals surface area contributed by atoms with Gasteiger partial charge in [0.15, 0.2) is 5.96 Å². The second-order valence-corrected chi connectivity index (χ2v) is 6.31. The van der Waals surface area contributed by atoms with Gasteiger partial charge in [0.05, 0.1) is 25.9 Å². The second-order valence-electron chi connectivity index (χ2n) is 6.31. The van der Waals surface area contributed by atoms with E-state index in [0.717, 1.165) is 31.9 Å². The maximum Gasteiger partial charge on any atom is 0.251 e. The van der Waals surface area contributed by atoms with E-state index >= 15 is 0 Å². The largest absolute Gasteiger partial charge is 0.376 e. The van der Waals surface area contributed by atoms with Crippen LogP contribution in [0.5, 0.6) is 0 Å². The molecule has 3 rings (SSSR count). The first-order valence-electron chi connectivity index (χ1n) is 8.83. The van der Waals surface area contributed by atoms with Crippen molar-refractivity contribution >= 4 is 35.8 Å². The van der Waals surface area contributed by atoms with Crippen LogP contribution in [0.15, 0.2) is 4.99 Å². The number of nitrogens with zero attached hydrogens (tertiary/aromatic N) is 3. The van der Waals surface area contributed by atoms with Crippen LogP contribution in [0, 0.1) is 0 Å². The van der Waals surface area contributed by atoms with Gasteiger partial charge in [-0.25, -0.2) is 0 Å². The molecular weight excluding hydrogens is 439 g/mol. The van der Waals surface area contributed by atoms with Crippen LogP contribution in [-0.2, 0) is 19.0 Å². The molecule has 2 unspecified atom stereocenters. The maximum atomic E-state index is 12.4. The fraction of sp³-hybridized carbons (Fsp3) is 0.875. The third kappa shape index (κ3) is 5.66. The highest BCUT2D eigenvalue weighted by molar-refractivity contribution is 14.0. The van der Waals surface area contributed by atoms with Crippen molar-refractivity contribution in [1.82, 2.24) is 15.1 Å². The van der Waals surface area contributed by atoms with Gasteiger partial charge in [-0.2, -0.15) is 0 Å². The first-order valence-corrected chi connectivity index (χ1v) is 8.83. The molecule has 1 amide bonds. The van der Waals surface area contributed by atoms with Gasteiger partial charge in [-0.15, -0.1) is 24.0 Å². The number of nitrogens with one attached hydrogen (secondary N) is 1. The van der Waals surface area contributed by atoms with Crippen molar-refractivity contribution in [3.8, 4) is 0 Å². The van der Waals surface area contributed by atoms with Crippen molar-refractivity contribution in [1.29, 1.82) is 0 Å². The number of hydrogen-bond acceptors (Lipinski definition) is 5. The minimum atomic E-state index is -0.225. The van der Waals surface area contributed by atoms with Crippen molar-refractivity contribution in [3.63, 3.8) is 0 Å². The number of ether oxygens (including phenoxy) is 3. The lowest BCUT2D eigenvalue weighted by Gasteiger charge is -2.37. The number of carbonyl (C=O) groups is 1. The molecule has 1 N–H and O–H groups in total. The lowest BCUT2D eigenvalue weighted by molar-refractivity contribution is -0.142. The topological polar surface area (TPSA) is 75.6 Å². The van der Waals surface area contributed by atoms with Crippen LogP contribution in [-0.4, -0.2) is 100 Å². The van der Waals surface area contributed by atoms with Crippen molar-refractivity contribution in [2.45, 2.75) is 25.0 Å². The predicted octanol–water partition coefficient (Wildman–Crippen LogP) is -0.0816. The third-order valence-corrected chi connectivity index (χ3v) is 4.68. The van der Waals surface area contributed by atoms with Gasteiger partial charge in [0.25, 0.3) is 5.91 Å². The van der Waals surface area contributed by atoms with Gasteiger partial charge < -0.3 is 29.3 Å². The predicted molar refractivity (Wildman–Crippen MR) is 104 cm³/mol. The Bertz CT molecular complexity index is 445. The summed E-state index contributed by atoms with van der Waals surface area (Å²) in [7, 11) is 1.78. The Morgan fingerprint density at radius 2 is 1.88 bits per heavy atom. The fourth-order valence-electron chi connectivity index (χ4n) is 3.31. The quantitative estimate of drug-likeness (QED) is 0.355. The van der Waals surface area contributed by atoms with Crippen molar-refractivity contribution in [2.75, 3.05) is 66.2 Å². The van der Waals surface area contributed by atoms with Crippen molar-refractivity contribution in [2.24, 2.45) is 4.99 Å². The van der Waals surface area contributed by atoms with E-state index in [1.807, 2.05) is 4.90 Å². The third-order valence-electron chi connectivity index (χ3n) is 4.68. The molecule has 0 bridgehead atoms. The molecule has 3 fully saturated rings. The summed E-state index contributed by atoms with van der Waals surface area (Å²) >= 11 is 0. The molecule has 8 nitrogen and oxygen atoms in total. The summed E-state index contributed by atoms with van der Waals surface area (Å²) in [6.45, 7) is 6.31. The van der Waals surface area contributed by atoms with Gasteiger partial charge in [-0.1, -0.05) is 0 Å². The number of hydrogen-bond donors (Lipinski definition) is 1. The highest BCUT2D eigenvalue weighted by atomic mass is 127. The average molecular weight is 468 g/mol. The van der Waals surface area contributed by atoms with Gasteiger partial charge in [0, 0.05) is 46.4 Å². The van der Waals surface area contributed by atoms with Crippen LogP contribution in [0.1, 0.15) is 12.8 Å². The average Bonchev–Trinajstić information content (AvgIpc) is 3.18. The summed E-state index contributed by atoms with van der Waals surface area (Å²) in [6.07, 6.45) is 1.68. The minimum absolute atomic E-state index is 0. The van der Waals surface area contributed by atoms with Crippen LogP contribution in [0.25, 0.3) is 0 Å². The summed E-state index contributed by atoms with van der Waals surface area (Å²) in [4.78, 5) is 20.8. The zero-order valence-corrected chi connectivity index (χ0v) is 17.1. The van der Waals surface area contributed by atoms with E-state index in [0.29, 0.717) is 46.1 Å². The molecule has 3 aliphatic rings. The van der Waals surface area contributed by atoms with E-state index in [-0.39, 0.29) is 42.1 Å². The monoisotopic (exact) mass is 468 g/mol. The molecule has 3 heterocycles. The Hall–Kier alpha value is -0.650. The van der Waals surface area contributed by atoms with E-state index in [1.165, 1.54) is 0 Å². The van der Waals surface area contributed by atoms with Crippen LogP contribution in [0.2, 0.25) is 0 Å². The zero-order chi connectivity index (χ0) is 16.8. The summed E-state index contributed by atoms with van der Waals surface area (Å²) in [6, 6.07) is 0. The van der Waals surface area contributed by atoms with Crippen molar-refractivity contribution in [3.05, 3.63) is 0 Å². The number of aliphatic imine (C=N–C) groups is 1. The van der Waals surface area contributed by atoms with Gasteiger partial charge >= 0.3 is 0 Å². The van der Waals surface area contributed by atoms with Gasteiger partial charge in [-0.05, 0) is 12.8 Å². The van der Waals surface area contributed by atoms with Crippen LogP contribution in [0.4, 0.5) is 0 Å². The molecule has 0 spiro atoms. The maximum absolute atomic E-state index is 12.4. The standard InChI is InChI=1S/C16H28N4O4.HI/c1-17-16(18-11-13-12-22-9-10-23-13)20-6-4-19(5-7-20)15(21)14-3-2-8-24-14;/h13-14H,2-12H2,1H3,(H,17,18);1H. The van der Waals surface area contributed by atoms with Crippen LogP contribution in [0.3, 0.4) is 0 Å². The van der Waals surface area contributed by atoms with Gasteiger partial charge in [0.1, 0.15) is 6.10 Å².